The Labute approximate surface area is 304 Å². The third-order valence-corrected chi connectivity index (χ3v) is 9.71. The topological polar surface area (TPSA) is 16.4 Å². The van der Waals surface area contributed by atoms with Gasteiger partial charge in [-0.3, -0.25) is 0 Å². The van der Waals surface area contributed by atoms with Crippen LogP contribution in [0.2, 0.25) is 0 Å². The van der Waals surface area contributed by atoms with Gasteiger partial charge < -0.3 is 9.32 Å². The Balaban J connectivity index is 1.08. The minimum Gasteiger partial charge on any atom is -0.455 e. The second-order valence-corrected chi connectivity index (χ2v) is 13.0. The molecule has 0 atom stereocenters. The maximum absolute atomic E-state index is 6.55. The van der Waals surface area contributed by atoms with Gasteiger partial charge in [0.25, 0.3) is 0 Å². The summed E-state index contributed by atoms with van der Waals surface area (Å²) >= 11 is 0. The molecule has 0 aliphatic rings. The van der Waals surface area contributed by atoms with Crippen molar-refractivity contribution >= 4 is 28.0 Å². The van der Waals surface area contributed by atoms with Crippen LogP contribution in [0.3, 0.4) is 0 Å². The maximum Gasteiger partial charge on any atom is 0.143 e. The van der Waals surface area contributed by atoms with Gasteiger partial charge in [0.15, 0.2) is 0 Å². The van der Waals surface area contributed by atoms with Crippen molar-refractivity contribution in [3.63, 3.8) is 0 Å². The molecular formula is C50H35NO. The van der Waals surface area contributed by atoms with E-state index in [9.17, 15) is 0 Å². The second-order valence-electron chi connectivity index (χ2n) is 13.0. The number of hydrogen-bond donors (Lipinski definition) is 0. The molecule has 0 saturated heterocycles. The normalized spacial score (nSPS) is 11.1. The van der Waals surface area contributed by atoms with Gasteiger partial charge in [-0.05, 0) is 87.5 Å². The summed E-state index contributed by atoms with van der Waals surface area (Å²) in [6.07, 6.45) is 0. The highest BCUT2D eigenvalue weighted by atomic mass is 16.3. The second kappa shape index (κ2) is 13.8. The average Bonchev–Trinajstić information content (AvgIpc) is 3.63. The summed E-state index contributed by atoms with van der Waals surface area (Å²) in [7, 11) is 0. The van der Waals surface area contributed by atoms with Crippen molar-refractivity contribution in [2.75, 3.05) is 4.90 Å². The molecule has 1 heterocycles. The number of hydrogen-bond acceptors (Lipinski definition) is 2. The molecule has 2 nitrogen and oxygen atoms in total. The molecule has 9 rings (SSSR count). The van der Waals surface area contributed by atoms with Crippen molar-refractivity contribution < 1.29 is 4.42 Å². The molecule has 0 radical (unpaired) electrons. The van der Waals surface area contributed by atoms with Crippen LogP contribution in [0.25, 0.3) is 66.8 Å². The first kappa shape index (κ1) is 31.1. The Morgan fingerprint density at radius 2 is 0.673 bits per heavy atom. The van der Waals surface area contributed by atoms with Gasteiger partial charge in [0.1, 0.15) is 11.3 Å². The van der Waals surface area contributed by atoms with Gasteiger partial charge in [0.05, 0.1) is 0 Å². The monoisotopic (exact) mass is 665 g/mol. The highest BCUT2D eigenvalue weighted by molar-refractivity contribution is 6.02. The Morgan fingerprint density at radius 3 is 1.19 bits per heavy atom. The van der Waals surface area contributed by atoms with Gasteiger partial charge in [-0.2, -0.15) is 0 Å². The summed E-state index contributed by atoms with van der Waals surface area (Å²) in [6, 6.07) is 75.1. The molecule has 0 amide bonds. The van der Waals surface area contributed by atoms with Crippen LogP contribution >= 0.6 is 0 Å². The fraction of sp³-hybridized carbons (Fsp3) is 0. The first-order chi connectivity index (χ1) is 25.8. The third kappa shape index (κ3) is 6.08. The van der Waals surface area contributed by atoms with Crippen molar-refractivity contribution in [2.24, 2.45) is 0 Å². The number of anilines is 3. The van der Waals surface area contributed by atoms with E-state index in [1.807, 2.05) is 12.1 Å². The zero-order valence-electron chi connectivity index (χ0n) is 28.6. The molecule has 0 fully saturated rings. The molecule has 8 aromatic carbocycles. The number of benzene rings is 8. The molecule has 0 aliphatic carbocycles. The standard InChI is InChI=1S/C50H35NO/c1-4-13-36(14-5-1)38-23-29-44(30-24-38)51(45-31-25-39(26-32-45)37-15-6-2-7-16-37)46-33-27-40(28-34-46)42-19-12-20-43(35-42)50-49(41-17-8-3-9-18-41)47-21-10-11-22-48(47)52-50/h1-35H. The van der Waals surface area contributed by atoms with Gasteiger partial charge in [-0.1, -0.05) is 164 Å². The number of para-hydroxylation sites is 1. The lowest BCUT2D eigenvalue weighted by Gasteiger charge is -2.26. The molecule has 0 bridgehead atoms. The Hall–Kier alpha value is -6.90. The molecule has 0 unspecified atom stereocenters. The molecular weight excluding hydrogens is 631 g/mol. The van der Waals surface area contributed by atoms with Crippen molar-refractivity contribution in [3.05, 3.63) is 212 Å². The van der Waals surface area contributed by atoms with Crippen molar-refractivity contribution in [3.8, 4) is 55.8 Å². The van der Waals surface area contributed by atoms with Crippen LogP contribution in [0.15, 0.2) is 217 Å². The quantitative estimate of drug-likeness (QED) is 0.161. The summed E-state index contributed by atoms with van der Waals surface area (Å²) < 4.78 is 6.55. The van der Waals surface area contributed by atoms with E-state index in [2.05, 4.69) is 205 Å². The summed E-state index contributed by atoms with van der Waals surface area (Å²) in [5.41, 5.74) is 14.6. The highest BCUT2D eigenvalue weighted by Gasteiger charge is 2.18. The van der Waals surface area contributed by atoms with E-state index in [-0.39, 0.29) is 0 Å². The molecule has 0 saturated carbocycles. The summed E-state index contributed by atoms with van der Waals surface area (Å²) in [5.74, 6) is 0.884. The van der Waals surface area contributed by atoms with Gasteiger partial charge in [-0.15, -0.1) is 0 Å². The predicted molar refractivity (Wildman–Crippen MR) is 218 cm³/mol. The summed E-state index contributed by atoms with van der Waals surface area (Å²) in [4.78, 5) is 2.32. The Morgan fingerprint density at radius 1 is 0.288 bits per heavy atom. The lowest BCUT2D eigenvalue weighted by molar-refractivity contribution is 0.632. The molecule has 52 heavy (non-hydrogen) atoms. The zero-order valence-corrected chi connectivity index (χ0v) is 28.6. The lowest BCUT2D eigenvalue weighted by atomic mass is 9.96. The lowest BCUT2D eigenvalue weighted by Crippen LogP contribution is -2.09. The molecule has 0 spiro atoms. The summed E-state index contributed by atoms with van der Waals surface area (Å²) in [5, 5.41) is 1.12. The van der Waals surface area contributed by atoms with E-state index in [4.69, 9.17) is 4.42 Å². The van der Waals surface area contributed by atoms with Gasteiger partial charge in [0.2, 0.25) is 0 Å². The van der Waals surface area contributed by atoms with E-state index >= 15 is 0 Å². The van der Waals surface area contributed by atoms with Crippen LogP contribution in [0.1, 0.15) is 0 Å². The fourth-order valence-corrected chi connectivity index (χ4v) is 7.10. The minimum atomic E-state index is 0.884. The molecule has 0 N–H and O–H groups in total. The van der Waals surface area contributed by atoms with Crippen LogP contribution < -0.4 is 4.90 Å². The average molecular weight is 666 g/mol. The van der Waals surface area contributed by atoms with Crippen molar-refractivity contribution in [1.82, 2.24) is 0 Å². The van der Waals surface area contributed by atoms with E-state index in [1.165, 1.54) is 22.3 Å². The van der Waals surface area contributed by atoms with Crippen LogP contribution in [0.5, 0.6) is 0 Å². The number of furan rings is 1. The molecule has 1 aromatic heterocycles. The van der Waals surface area contributed by atoms with Crippen LogP contribution in [-0.4, -0.2) is 0 Å². The Kier molecular flexibility index (Phi) is 8.24. The largest absolute Gasteiger partial charge is 0.455 e. The predicted octanol–water partition coefficient (Wildman–Crippen LogP) is 14.2. The Bertz CT molecular complexity index is 2490. The first-order valence-corrected chi connectivity index (χ1v) is 17.7. The fourth-order valence-electron chi connectivity index (χ4n) is 7.10. The summed E-state index contributed by atoms with van der Waals surface area (Å²) in [6.45, 7) is 0. The molecule has 2 heteroatoms. The van der Waals surface area contributed by atoms with Gasteiger partial charge >= 0.3 is 0 Å². The van der Waals surface area contributed by atoms with E-state index in [0.29, 0.717) is 0 Å². The third-order valence-electron chi connectivity index (χ3n) is 9.71. The smallest absolute Gasteiger partial charge is 0.143 e. The van der Waals surface area contributed by atoms with Gasteiger partial charge in [-0.25, -0.2) is 0 Å². The SMILES string of the molecule is c1ccc(-c2ccc(N(c3ccc(-c4ccccc4)cc3)c3ccc(-c4cccc(-c5oc6ccccc6c5-c5ccccc5)c4)cc3)cc2)cc1. The van der Waals surface area contributed by atoms with Crippen molar-refractivity contribution in [2.45, 2.75) is 0 Å². The minimum absolute atomic E-state index is 0.884. The zero-order chi connectivity index (χ0) is 34.7. The molecule has 0 aliphatic heterocycles. The van der Waals surface area contributed by atoms with E-state index in [0.717, 1.165) is 61.6 Å². The first-order valence-electron chi connectivity index (χ1n) is 17.7. The molecule has 246 valence electrons. The van der Waals surface area contributed by atoms with Crippen molar-refractivity contribution in [1.29, 1.82) is 0 Å². The van der Waals surface area contributed by atoms with E-state index < -0.39 is 0 Å². The van der Waals surface area contributed by atoms with Crippen LogP contribution in [0, 0.1) is 0 Å². The van der Waals surface area contributed by atoms with Crippen LogP contribution in [-0.2, 0) is 0 Å². The number of fused-ring (bicyclic) bond motifs is 1. The maximum atomic E-state index is 6.55. The van der Waals surface area contributed by atoms with Gasteiger partial charge in [0, 0.05) is 33.6 Å². The van der Waals surface area contributed by atoms with E-state index in [1.54, 1.807) is 0 Å². The highest BCUT2D eigenvalue weighted by Crippen LogP contribution is 2.42. The number of rotatable bonds is 8. The molecule has 9 aromatic rings. The van der Waals surface area contributed by atoms with Crippen LogP contribution in [0.4, 0.5) is 17.1 Å². The number of nitrogens with zero attached hydrogens (tertiary/aromatic N) is 1.